The van der Waals surface area contributed by atoms with Crippen LogP contribution in [0, 0.1) is 0 Å². The number of carboxylic acid groups (broad SMARTS) is 1. The van der Waals surface area contributed by atoms with Gasteiger partial charge in [-0.1, -0.05) is 77.0 Å². The summed E-state index contributed by atoms with van der Waals surface area (Å²) in [6, 6.07) is 0. The van der Waals surface area contributed by atoms with Gasteiger partial charge in [0.15, 0.2) is 0 Å². The molecule has 0 atom stereocenters. The van der Waals surface area contributed by atoms with E-state index in [0.29, 0.717) is 32.4 Å². The number of amides is 1. The highest BCUT2D eigenvalue weighted by molar-refractivity contribution is 8.13. The van der Waals surface area contributed by atoms with Gasteiger partial charge in [0.2, 0.25) is 0 Å². The fourth-order valence-electron chi connectivity index (χ4n) is 5.13. The summed E-state index contributed by atoms with van der Waals surface area (Å²) in [5, 5.41) is 9.00. The van der Waals surface area contributed by atoms with Crippen molar-refractivity contribution in [1.29, 1.82) is 0 Å². The van der Waals surface area contributed by atoms with Crippen molar-refractivity contribution in [3.8, 4) is 0 Å². The molecule has 1 fully saturated rings. The fraction of sp³-hybridized carbons (Fsp3) is 0.903. The average molecular weight is 571 g/mol. The predicted molar refractivity (Wildman–Crippen MR) is 162 cm³/mol. The summed E-state index contributed by atoms with van der Waals surface area (Å²) in [5.41, 5.74) is 0. The van der Waals surface area contributed by atoms with Crippen molar-refractivity contribution in [2.75, 3.05) is 38.5 Å². The number of carbonyl (C=O) groups excluding carboxylic acids is 2. The van der Waals surface area contributed by atoms with E-state index in [4.69, 9.17) is 9.84 Å². The zero-order valence-corrected chi connectivity index (χ0v) is 26.0. The molecule has 0 unspecified atom stereocenters. The van der Waals surface area contributed by atoms with E-state index < -0.39 is 5.97 Å². The number of hydrogen-bond donors (Lipinski definition) is 1. The van der Waals surface area contributed by atoms with E-state index >= 15 is 0 Å². The molecule has 0 aromatic carbocycles. The molecule has 1 saturated heterocycles. The van der Waals surface area contributed by atoms with Crippen LogP contribution in [0.4, 0.5) is 4.79 Å². The van der Waals surface area contributed by atoms with E-state index in [1.807, 2.05) is 0 Å². The largest absolute Gasteiger partial charge is 0.481 e. The SMILES string of the molecule is CCCCCCCC(CCCCCCC)OC(=O)CCCN(CCCC(=O)O)C(=O)SCCCN1CCCC1. The summed E-state index contributed by atoms with van der Waals surface area (Å²) >= 11 is 1.32. The molecule has 1 amide bonds. The second-order valence-corrected chi connectivity index (χ2v) is 12.2. The normalized spacial score (nSPS) is 13.7. The van der Waals surface area contributed by atoms with Crippen molar-refractivity contribution in [1.82, 2.24) is 9.80 Å². The van der Waals surface area contributed by atoms with Crippen LogP contribution in [0.3, 0.4) is 0 Å². The lowest BCUT2D eigenvalue weighted by Crippen LogP contribution is -2.31. The van der Waals surface area contributed by atoms with Crippen LogP contribution in [0.5, 0.6) is 0 Å². The van der Waals surface area contributed by atoms with E-state index in [9.17, 15) is 14.4 Å². The summed E-state index contributed by atoms with van der Waals surface area (Å²) in [5.74, 6) is -0.247. The van der Waals surface area contributed by atoms with Crippen LogP contribution in [0.15, 0.2) is 0 Å². The monoisotopic (exact) mass is 570 g/mol. The maximum absolute atomic E-state index is 12.9. The van der Waals surface area contributed by atoms with Gasteiger partial charge >= 0.3 is 11.9 Å². The van der Waals surface area contributed by atoms with Crippen molar-refractivity contribution in [3.63, 3.8) is 0 Å². The third-order valence-corrected chi connectivity index (χ3v) is 8.48. The minimum atomic E-state index is -0.848. The van der Waals surface area contributed by atoms with Crippen molar-refractivity contribution < 1.29 is 24.2 Å². The average Bonchev–Trinajstić information content (AvgIpc) is 3.43. The van der Waals surface area contributed by atoms with Crippen molar-refractivity contribution in [2.45, 2.75) is 142 Å². The van der Waals surface area contributed by atoms with Crippen LogP contribution in [0.1, 0.15) is 136 Å². The summed E-state index contributed by atoms with van der Waals surface area (Å²) < 4.78 is 5.92. The summed E-state index contributed by atoms with van der Waals surface area (Å²) in [7, 11) is 0. The molecule has 8 heteroatoms. The highest BCUT2D eigenvalue weighted by atomic mass is 32.2. The van der Waals surface area contributed by atoms with E-state index in [1.54, 1.807) is 4.90 Å². The van der Waals surface area contributed by atoms with Gasteiger partial charge in [0.1, 0.15) is 6.10 Å². The zero-order valence-electron chi connectivity index (χ0n) is 25.1. The van der Waals surface area contributed by atoms with Crippen LogP contribution >= 0.6 is 11.8 Å². The molecule has 7 nitrogen and oxygen atoms in total. The molecule has 0 aromatic rings. The standard InChI is InChI=1S/C31H58N2O5S/c1-3-5-7-9-11-18-28(19-12-10-8-6-4-2)38-30(36)21-16-26-33(25-15-20-29(34)35)31(37)39-27-17-24-32-22-13-14-23-32/h28H,3-27H2,1-2H3,(H,34,35). The molecule has 1 heterocycles. The number of unbranched alkanes of at least 4 members (excludes halogenated alkanes) is 8. The molecule has 1 N–H and O–H groups in total. The Morgan fingerprint density at radius 1 is 0.795 bits per heavy atom. The van der Waals surface area contributed by atoms with Crippen molar-refractivity contribution in [3.05, 3.63) is 0 Å². The number of nitrogens with zero attached hydrogens (tertiary/aromatic N) is 2. The van der Waals surface area contributed by atoms with Gasteiger partial charge in [-0.3, -0.25) is 14.4 Å². The van der Waals surface area contributed by atoms with Gasteiger partial charge in [0.25, 0.3) is 5.24 Å². The minimum Gasteiger partial charge on any atom is -0.481 e. The molecule has 0 saturated carbocycles. The smallest absolute Gasteiger partial charge is 0.306 e. The molecule has 0 bridgehead atoms. The third kappa shape index (κ3) is 20.3. The number of aliphatic carboxylic acids is 1. The number of thioether (sulfide) groups is 1. The van der Waals surface area contributed by atoms with E-state index in [1.165, 1.54) is 76.0 Å². The lowest BCUT2D eigenvalue weighted by atomic mass is 10.0. The first-order chi connectivity index (χ1) is 19.0. The Morgan fingerprint density at radius 3 is 1.92 bits per heavy atom. The van der Waals surface area contributed by atoms with Gasteiger partial charge in [0, 0.05) is 31.7 Å². The van der Waals surface area contributed by atoms with Crippen molar-refractivity contribution in [2.24, 2.45) is 0 Å². The lowest BCUT2D eigenvalue weighted by Gasteiger charge is -2.23. The Labute approximate surface area is 243 Å². The highest BCUT2D eigenvalue weighted by Crippen LogP contribution is 2.18. The van der Waals surface area contributed by atoms with Gasteiger partial charge in [0.05, 0.1) is 0 Å². The number of ether oxygens (including phenoxy) is 1. The Morgan fingerprint density at radius 2 is 1.36 bits per heavy atom. The minimum absolute atomic E-state index is 0.000201. The number of esters is 1. The third-order valence-electron chi connectivity index (χ3n) is 7.49. The van der Waals surface area contributed by atoms with Crippen LogP contribution in [-0.4, -0.2) is 76.7 Å². The van der Waals surface area contributed by atoms with Gasteiger partial charge in [-0.15, -0.1) is 0 Å². The number of carbonyl (C=O) groups is 3. The Kier molecular flexibility index (Phi) is 22.5. The molecule has 0 aliphatic carbocycles. The number of carboxylic acids is 1. The molecule has 0 spiro atoms. The van der Waals surface area contributed by atoms with Gasteiger partial charge < -0.3 is 19.6 Å². The van der Waals surface area contributed by atoms with Gasteiger partial charge in [-0.2, -0.15) is 0 Å². The first kappa shape index (κ1) is 35.7. The molecular weight excluding hydrogens is 512 g/mol. The van der Waals surface area contributed by atoms with E-state index in [0.717, 1.165) is 57.5 Å². The second-order valence-electron chi connectivity index (χ2n) is 11.1. The summed E-state index contributed by atoms with van der Waals surface area (Å²) in [6.45, 7) is 8.67. The quantitative estimate of drug-likeness (QED) is 0.0881. The number of rotatable bonds is 25. The molecule has 39 heavy (non-hydrogen) atoms. The number of likely N-dealkylation sites (tertiary alicyclic amines) is 1. The molecule has 0 aromatic heterocycles. The molecule has 1 aliphatic rings. The predicted octanol–water partition coefficient (Wildman–Crippen LogP) is 7.91. The lowest BCUT2D eigenvalue weighted by molar-refractivity contribution is -0.150. The van der Waals surface area contributed by atoms with Gasteiger partial charge in [-0.25, -0.2) is 0 Å². The van der Waals surface area contributed by atoms with E-state index in [2.05, 4.69) is 18.7 Å². The molecular formula is C31H58N2O5S. The van der Waals surface area contributed by atoms with Crippen molar-refractivity contribution >= 4 is 28.9 Å². The fourth-order valence-corrected chi connectivity index (χ4v) is 5.95. The summed E-state index contributed by atoms with van der Waals surface area (Å²) in [4.78, 5) is 40.7. The Bertz CT molecular complexity index is 628. The second kappa shape index (κ2) is 24.5. The molecule has 228 valence electrons. The van der Waals surface area contributed by atoms with Crippen LogP contribution in [-0.2, 0) is 14.3 Å². The highest BCUT2D eigenvalue weighted by Gasteiger charge is 2.18. The molecule has 0 radical (unpaired) electrons. The molecule has 1 rings (SSSR count). The first-order valence-corrected chi connectivity index (χ1v) is 17.0. The Hall–Kier alpha value is -1.28. The van der Waals surface area contributed by atoms with Crippen LogP contribution in [0.2, 0.25) is 0 Å². The zero-order chi connectivity index (χ0) is 28.6. The maximum Gasteiger partial charge on any atom is 0.306 e. The maximum atomic E-state index is 12.9. The van der Waals surface area contributed by atoms with Crippen LogP contribution in [0.25, 0.3) is 0 Å². The molecule has 1 aliphatic heterocycles. The Balaban J connectivity index is 2.44. The number of hydrogen-bond acceptors (Lipinski definition) is 6. The van der Waals surface area contributed by atoms with Gasteiger partial charge in [-0.05, 0) is 77.4 Å². The topological polar surface area (TPSA) is 87.1 Å². The van der Waals surface area contributed by atoms with Crippen LogP contribution < -0.4 is 0 Å². The summed E-state index contributed by atoms with van der Waals surface area (Å²) in [6.07, 6.45) is 18.8. The first-order valence-electron chi connectivity index (χ1n) is 16.0. The van der Waals surface area contributed by atoms with E-state index in [-0.39, 0.29) is 23.7 Å².